The minimum absolute atomic E-state index is 0.0230. The van der Waals surface area contributed by atoms with Gasteiger partial charge in [-0.1, -0.05) is 23.7 Å². The Balaban J connectivity index is 1.46. The fourth-order valence-electron chi connectivity index (χ4n) is 3.93. The van der Waals surface area contributed by atoms with Gasteiger partial charge in [-0.05, 0) is 47.9 Å². The Bertz CT molecular complexity index is 1330. The van der Waals surface area contributed by atoms with Gasteiger partial charge in [-0.15, -0.1) is 11.3 Å². The molecule has 1 aliphatic rings. The average Bonchev–Trinajstić information content (AvgIpc) is 3.20. The van der Waals surface area contributed by atoms with E-state index in [1.165, 1.54) is 11.3 Å². The van der Waals surface area contributed by atoms with Crippen LogP contribution in [0.3, 0.4) is 0 Å². The smallest absolute Gasteiger partial charge is 0.257 e. The summed E-state index contributed by atoms with van der Waals surface area (Å²) in [6.07, 6.45) is 0.711. The largest absolute Gasteiger partial charge is 0.508 e. The number of fused-ring (bicyclic) bond motifs is 1. The van der Waals surface area contributed by atoms with E-state index in [-0.39, 0.29) is 35.4 Å². The molecule has 0 radical (unpaired) electrons. The zero-order valence-corrected chi connectivity index (χ0v) is 20.9. The predicted molar refractivity (Wildman–Crippen MR) is 141 cm³/mol. The van der Waals surface area contributed by atoms with E-state index in [0.717, 1.165) is 29.1 Å². The van der Waals surface area contributed by atoms with Crippen LogP contribution in [0.2, 0.25) is 5.02 Å². The first-order valence-electron chi connectivity index (χ1n) is 11.2. The highest BCUT2D eigenvalue weighted by molar-refractivity contribution is 7.16. The van der Waals surface area contributed by atoms with Gasteiger partial charge >= 0.3 is 0 Å². The average molecular weight is 525 g/mol. The molecule has 1 aliphatic heterocycles. The number of hydrogen-bond donors (Lipinski definition) is 4. The van der Waals surface area contributed by atoms with Crippen molar-refractivity contribution in [2.24, 2.45) is 16.5 Å². The van der Waals surface area contributed by atoms with Gasteiger partial charge < -0.3 is 26.6 Å². The van der Waals surface area contributed by atoms with Crippen LogP contribution >= 0.6 is 22.9 Å². The molecule has 3 aromatic rings. The number of ether oxygens (including phenoxy) is 1. The molecule has 4 rings (SSSR count). The molecule has 2 heterocycles. The molecule has 0 saturated carbocycles. The Kier molecular flexibility index (Phi) is 7.95. The lowest BCUT2D eigenvalue weighted by molar-refractivity contribution is 0.102. The molecule has 6 N–H and O–H groups in total. The lowest BCUT2D eigenvalue weighted by Gasteiger charge is -2.26. The van der Waals surface area contributed by atoms with E-state index < -0.39 is 5.91 Å². The van der Waals surface area contributed by atoms with Crippen molar-refractivity contribution < 1.29 is 14.6 Å². The number of anilines is 1. The number of aliphatic imine (C=N–C) groups is 1. The topological polar surface area (TPSA) is 150 Å². The summed E-state index contributed by atoms with van der Waals surface area (Å²) in [7, 11) is 0. The van der Waals surface area contributed by atoms with Crippen LogP contribution in [0.15, 0.2) is 47.5 Å². The number of benzene rings is 2. The molecular formula is C25H25ClN6O3S. The van der Waals surface area contributed by atoms with Crippen molar-refractivity contribution in [2.75, 3.05) is 25.0 Å². The van der Waals surface area contributed by atoms with Gasteiger partial charge in [0.1, 0.15) is 29.2 Å². The summed E-state index contributed by atoms with van der Waals surface area (Å²) < 4.78 is 5.60. The van der Waals surface area contributed by atoms with Gasteiger partial charge in [-0.25, -0.2) is 0 Å². The third kappa shape index (κ3) is 6.07. The Hall–Kier alpha value is -3.78. The second-order valence-electron chi connectivity index (χ2n) is 8.20. The van der Waals surface area contributed by atoms with E-state index in [2.05, 4.69) is 21.3 Å². The Labute approximate surface area is 217 Å². The zero-order chi connectivity index (χ0) is 25.7. The second kappa shape index (κ2) is 11.3. The van der Waals surface area contributed by atoms with Crippen molar-refractivity contribution >= 4 is 39.8 Å². The monoisotopic (exact) mass is 524 g/mol. The molecule has 0 spiro atoms. The van der Waals surface area contributed by atoms with Crippen LogP contribution in [-0.2, 0) is 19.5 Å². The van der Waals surface area contributed by atoms with Gasteiger partial charge in [0, 0.05) is 24.5 Å². The molecule has 186 valence electrons. The van der Waals surface area contributed by atoms with Gasteiger partial charge in [0.15, 0.2) is 5.96 Å². The van der Waals surface area contributed by atoms with Crippen molar-refractivity contribution in [1.29, 1.82) is 5.26 Å². The summed E-state index contributed by atoms with van der Waals surface area (Å²) in [5.74, 6) is 0.238. The fourth-order valence-corrected chi connectivity index (χ4v) is 5.37. The highest BCUT2D eigenvalue weighted by atomic mass is 35.5. The van der Waals surface area contributed by atoms with Crippen LogP contribution in [-0.4, -0.2) is 41.6 Å². The standard InChI is InChI=1S/C25H25ClN6O3S/c26-21-6-5-17(35-10-8-30-25(28)29)11-19(21)23(34)31-24-20(12-27)18-7-9-32(14-22(18)36-24)13-15-1-3-16(33)4-2-15/h1-6,11,33H,7-10,13-14H2,(H,31,34)(H4,28,29,30). The maximum atomic E-state index is 13.1. The molecule has 36 heavy (non-hydrogen) atoms. The first-order chi connectivity index (χ1) is 17.3. The SMILES string of the molecule is N#Cc1c(NC(=O)c2cc(OCCN=C(N)N)ccc2Cl)sc2c1CCN(Cc1ccc(O)cc1)C2. The van der Waals surface area contributed by atoms with Crippen LogP contribution in [0.4, 0.5) is 5.00 Å². The number of nitriles is 1. The summed E-state index contributed by atoms with van der Waals surface area (Å²) in [5.41, 5.74) is 13.4. The molecule has 11 heteroatoms. The normalized spacial score (nSPS) is 12.9. The number of nitrogens with one attached hydrogen (secondary N) is 1. The summed E-state index contributed by atoms with van der Waals surface area (Å²) in [5, 5.41) is 23.0. The highest BCUT2D eigenvalue weighted by Crippen LogP contribution is 2.37. The van der Waals surface area contributed by atoms with Crippen LogP contribution in [0.5, 0.6) is 11.5 Å². The minimum atomic E-state index is -0.425. The number of nitrogens with two attached hydrogens (primary N) is 2. The van der Waals surface area contributed by atoms with Gasteiger partial charge in [-0.3, -0.25) is 14.7 Å². The molecule has 0 unspecified atom stereocenters. The van der Waals surface area contributed by atoms with E-state index in [1.54, 1.807) is 30.3 Å². The molecular weight excluding hydrogens is 500 g/mol. The number of amides is 1. The van der Waals surface area contributed by atoms with Gasteiger partial charge in [0.2, 0.25) is 0 Å². The molecule has 0 bridgehead atoms. The van der Waals surface area contributed by atoms with Crippen molar-refractivity contribution in [3.8, 4) is 17.6 Å². The van der Waals surface area contributed by atoms with Crippen molar-refractivity contribution in [3.63, 3.8) is 0 Å². The number of hydrogen-bond acceptors (Lipinski definition) is 7. The molecule has 1 aromatic heterocycles. The number of aromatic hydroxyl groups is 1. The number of halogens is 1. The second-order valence-corrected chi connectivity index (χ2v) is 9.71. The van der Waals surface area contributed by atoms with Crippen LogP contribution in [0, 0.1) is 11.3 Å². The Morgan fingerprint density at radius 2 is 2.06 bits per heavy atom. The number of nitrogens with zero attached hydrogens (tertiary/aromatic N) is 3. The predicted octanol–water partition coefficient (Wildman–Crippen LogP) is 3.44. The van der Waals surface area contributed by atoms with E-state index in [9.17, 15) is 15.2 Å². The summed E-state index contributed by atoms with van der Waals surface area (Å²) in [6.45, 7) is 2.70. The van der Waals surface area contributed by atoms with E-state index in [0.29, 0.717) is 29.3 Å². The number of thiophene rings is 1. The van der Waals surface area contributed by atoms with E-state index >= 15 is 0 Å². The third-order valence-electron chi connectivity index (χ3n) is 5.65. The fraction of sp³-hybridized carbons (Fsp3) is 0.240. The first-order valence-corrected chi connectivity index (χ1v) is 12.4. The van der Waals surface area contributed by atoms with Crippen molar-refractivity contribution in [2.45, 2.75) is 19.5 Å². The third-order valence-corrected chi connectivity index (χ3v) is 7.12. The highest BCUT2D eigenvalue weighted by Gasteiger charge is 2.26. The van der Waals surface area contributed by atoms with E-state index in [4.69, 9.17) is 27.8 Å². The van der Waals surface area contributed by atoms with Crippen molar-refractivity contribution in [1.82, 2.24) is 4.90 Å². The van der Waals surface area contributed by atoms with Gasteiger partial charge in [0.05, 0.1) is 22.7 Å². The number of phenols is 1. The van der Waals surface area contributed by atoms with Gasteiger partial charge in [-0.2, -0.15) is 5.26 Å². The van der Waals surface area contributed by atoms with Crippen LogP contribution in [0.1, 0.15) is 31.9 Å². The molecule has 2 aromatic carbocycles. The maximum absolute atomic E-state index is 13.1. The first kappa shape index (κ1) is 25.3. The lowest BCUT2D eigenvalue weighted by atomic mass is 10.0. The minimum Gasteiger partial charge on any atom is -0.508 e. The Morgan fingerprint density at radius 3 is 2.78 bits per heavy atom. The lowest BCUT2D eigenvalue weighted by Crippen LogP contribution is -2.29. The molecule has 0 aliphatic carbocycles. The summed E-state index contributed by atoms with van der Waals surface area (Å²) in [6, 6.07) is 14.2. The van der Waals surface area contributed by atoms with Crippen LogP contribution in [0.25, 0.3) is 0 Å². The zero-order valence-electron chi connectivity index (χ0n) is 19.3. The number of carbonyl (C=O) groups is 1. The van der Waals surface area contributed by atoms with Crippen LogP contribution < -0.4 is 21.5 Å². The maximum Gasteiger partial charge on any atom is 0.257 e. The molecule has 1 amide bonds. The van der Waals surface area contributed by atoms with Gasteiger partial charge in [0.25, 0.3) is 5.91 Å². The quantitative estimate of drug-likeness (QED) is 0.200. The molecule has 0 saturated heterocycles. The molecule has 0 fully saturated rings. The summed E-state index contributed by atoms with van der Waals surface area (Å²) in [4.78, 5) is 20.3. The number of rotatable bonds is 8. The number of carbonyl (C=O) groups excluding carboxylic acids is 1. The molecule has 9 nitrogen and oxygen atoms in total. The Morgan fingerprint density at radius 1 is 1.28 bits per heavy atom. The number of phenolic OH excluding ortho intramolecular Hbond substituents is 1. The summed E-state index contributed by atoms with van der Waals surface area (Å²) >= 11 is 7.69. The molecule has 0 atom stereocenters. The number of guanidine groups is 1. The van der Waals surface area contributed by atoms with E-state index in [1.807, 2.05) is 12.1 Å². The van der Waals surface area contributed by atoms with Crippen molar-refractivity contribution in [3.05, 3.63) is 74.6 Å².